The summed E-state index contributed by atoms with van der Waals surface area (Å²) in [5.41, 5.74) is 1.36. The Morgan fingerprint density at radius 3 is 1.53 bits per heavy atom. The highest BCUT2D eigenvalue weighted by atomic mass is 16.4. The number of aliphatic carboxylic acids is 4. The van der Waals surface area contributed by atoms with E-state index in [4.69, 9.17) is 40.9 Å². The zero-order valence-corrected chi connectivity index (χ0v) is 16.9. The van der Waals surface area contributed by atoms with Crippen LogP contribution in [0.5, 0.6) is 0 Å². The van der Waals surface area contributed by atoms with Gasteiger partial charge in [-0.05, 0) is 38.1 Å². The maximum atomic E-state index is 9.77. The monoisotopic (exact) mass is 462 g/mol. The Labute approximate surface area is 181 Å². The third kappa shape index (κ3) is 9.76. The van der Waals surface area contributed by atoms with Gasteiger partial charge < -0.3 is 40.9 Å². The quantitative estimate of drug-likeness (QED) is 0.210. The van der Waals surface area contributed by atoms with Crippen molar-refractivity contribution in [2.75, 3.05) is 13.6 Å². The number of likely N-dealkylation sites (tertiary alicyclic amines) is 1. The lowest BCUT2D eigenvalue weighted by Gasteiger charge is -2.18. The molecule has 1 aliphatic heterocycles. The van der Waals surface area contributed by atoms with E-state index in [9.17, 15) is 19.2 Å². The Hall–Kier alpha value is -3.17. The Kier molecular flexibility index (Phi) is 12.6. The van der Waals surface area contributed by atoms with Gasteiger partial charge in [0.05, 0.1) is 0 Å². The first-order valence-corrected chi connectivity index (χ1v) is 9.04. The maximum Gasteiger partial charge on any atom is 0.335 e. The van der Waals surface area contributed by atoms with Crippen LogP contribution in [-0.2, 0) is 19.2 Å². The number of hydrogen-bond acceptors (Lipinski definition) is 10. The molecule has 32 heavy (non-hydrogen) atoms. The molecule has 2 heterocycles. The topological polar surface area (TPSA) is 246 Å². The largest absolute Gasteiger partial charge is 0.479 e. The molecule has 1 aromatic heterocycles. The number of carboxylic acid groups (broad SMARTS) is 4. The van der Waals surface area contributed by atoms with Gasteiger partial charge >= 0.3 is 23.9 Å². The maximum absolute atomic E-state index is 9.77. The molecule has 1 aromatic rings. The smallest absolute Gasteiger partial charge is 0.335 e. The van der Waals surface area contributed by atoms with E-state index >= 15 is 0 Å². The molecule has 180 valence electrons. The first kappa shape index (κ1) is 28.8. The predicted molar refractivity (Wildman–Crippen MR) is 103 cm³/mol. The average molecular weight is 462 g/mol. The number of carbonyl (C=O) groups is 4. The van der Waals surface area contributed by atoms with Gasteiger partial charge in [0.1, 0.15) is 0 Å². The van der Waals surface area contributed by atoms with E-state index in [2.05, 4.69) is 23.0 Å². The molecule has 0 saturated carbocycles. The van der Waals surface area contributed by atoms with Crippen LogP contribution in [0.25, 0.3) is 0 Å². The normalized spacial score (nSPS) is 19.1. The van der Waals surface area contributed by atoms with Gasteiger partial charge in [-0.3, -0.25) is 9.88 Å². The average Bonchev–Trinajstić information content (AvgIpc) is 3.18. The van der Waals surface area contributed by atoms with Gasteiger partial charge in [-0.25, -0.2) is 19.2 Å². The van der Waals surface area contributed by atoms with E-state index in [0.717, 1.165) is 0 Å². The van der Waals surface area contributed by atoms with Crippen LogP contribution < -0.4 is 0 Å². The number of aromatic nitrogens is 1. The first-order valence-electron chi connectivity index (χ1n) is 9.04. The Morgan fingerprint density at radius 2 is 1.28 bits per heavy atom. The second-order valence-electron chi connectivity index (χ2n) is 6.56. The summed E-state index contributed by atoms with van der Waals surface area (Å²) in [6.07, 6.45) is -2.66. The number of carboxylic acids is 4. The van der Waals surface area contributed by atoms with Crippen molar-refractivity contribution in [1.29, 1.82) is 0 Å². The van der Waals surface area contributed by atoms with Crippen molar-refractivity contribution < 1.29 is 60.0 Å². The molecule has 1 saturated heterocycles. The summed E-state index contributed by atoms with van der Waals surface area (Å²) < 4.78 is 0. The third-order valence-corrected chi connectivity index (χ3v) is 4.20. The molecule has 0 radical (unpaired) electrons. The number of pyridine rings is 1. The van der Waals surface area contributed by atoms with Crippen LogP contribution in [0.4, 0.5) is 0 Å². The minimum Gasteiger partial charge on any atom is -0.479 e. The highest BCUT2D eigenvalue weighted by Gasteiger charge is 2.30. The summed E-state index contributed by atoms with van der Waals surface area (Å²) in [6, 6.07) is 4.79. The Balaban J connectivity index is 0.000000455. The summed E-state index contributed by atoms with van der Waals surface area (Å²) in [5, 5.41) is 65.1. The Bertz CT molecular complexity index is 688. The molecule has 0 aliphatic carbocycles. The Morgan fingerprint density at radius 1 is 0.875 bits per heavy atom. The molecule has 2 unspecified atom stereocenters. The first-order chi connectivity index (χ1) is 14.8. The molecular weight excluding hydrogens is 436 g/mol. The minimum absolute atomic E-state index is 0.610. The molecule has 0 aromatic carbocycles. The lowest BCUT2D eigenvalue weighted by Crippen LogP contribution is -2.39. The number of aliphatic hydroxyl groups excluding tert-OH is 4. The molecule has 2 rings (SSSR count). The van der Waals surface area contributed by atoms with Gasteiger partial charge in [0.25, 0.3) is 0 Å². The van der Waals surface area contributed by atoms with Crippen LogP contribution in [0.15, 0.2) is 24.5 Å². The van der Waals surface area contributed by atoms with Crippen LogP contribution in [0.2, 0.25) is 0 Å². The zero-order chi connectivity index (χ0) is 25.0. The van der Waals surface area contributed by atoms with Crippen molar-refractivity contribution >= 4 is 23.9 Å². The highest BCUT2D eigenvalue weighted by molar-refractivity contribution is 5.83. The van der Waals surface area contributed by atoms with Crippen LogP contribution in [0, 0.1) is 0 Å². The second kappa shape index (κ2) is 14.0. The van der Waals surface area contributed by atoms with Gasteiger partial charge in [-0.1, -0.05) is 6.07 Å². The van der Waals surface area contributed by atoms with Crippen molar-refractivity contribution in [2.45, 2.75) is 43.3 Å². The fraction of sp³-hybridized carbons (Fsp3) is 0.500. The van der Waals surface area contributed by atoms with Crippen molar-refractivity contribution in [3.05, 3.63) is 30.1 Å². The summed E-state index contributed by atoms with van der Waals surface area (Å²) in [5.74, 6) is -7.07. The van der Waals surface area contributed by atoms with Crippen molar-refractivity contribution in [3.63, 3.8) is 0 Å². The molecule has 1 aliphatic rings. The lowest BCUT2D eigenvalue weighted by molar-refractivity contribution is -0.165. The zero-order valence-electron chi connectivity index (χ0n) is 16.9. The minimum atomic E-state index is -2.27. The van der Waals surface area contributed by atoms with Gasteiger partial charge in [0.2, 0.25) is 0 Å². The van der Waals surface area contributed by atoms with E-state index in [1.54, 1.807) is 0 Å². The van der Waals surface area contributed by atoms with Gasteiger partial charge in [-0.2, -0.15) is 0 Å². The number of nitrogens with zero attached hydrogens (tertiary/aromatic N) is 2. The molecule has 8 N–H and O–H groups in total. The summed E-state index contributed by atoms with van der Waals surface area (Å²) in [7, 11) is 2.19. The SMILES string of the molecule is CN1CCCC1c1cccnc1.O=C(O)C(O)[C@H](O)C(=O)O.O=C(O)[C@@H](O)[C@H](O)C(=O)O. The van der Waals surface area contributed by atoms with Crippen molar-refractivity contribution in [2.24, 2.45) is 0 Å². The van der Waals surface area contributed by atoms with Crippen molar-refractivity contribution in [1.82, 2.24) is 9.88 Å². The number of hydrogen-bond donors (Lipinski definition) is 8. The molecule has 1 fully saturated rings. The van der Waals surface area contributed by atoms with Crippen molar-refractivity contribution in [3.8, 4) is 0 Å². The summed E-state index contributed by atoms with van der Waals surface area (Å²) in [6.45, 7) is 1.22. The van der Waals surface area contributed by atoms with Crippen LogP contribution in [-0.4, -0.2) is 113 Å². The summed E-state index contributed by atoms with van der Waals surface area (Å²) in [4.78, 5) is 45.6. The van der Waals surface area contributed by atoms with Crippen LogP contribution in [0.1, 0.15) is 24.4 Å². The van der Waals surface area contributed by atoms with E-state index in [1.165, 1.54) is 24.9 Å². The molecule has 14 heteroatoms. The molecule has 0 amide bonds. The van der Waals surface area contributed by atoms with Gasteiger partial charge in [0, 0.05) is 18.4 Å². The number of rotatable bonds is 7. The van der Waals surface area contributed by atoms with Gasteiger partial charge in [-0.15, -0.1) is 0 Å². The number of aliphatic hydroxyl groups is 4. The highest BCUT2D eigenvalue weighted by Crippen LogP contribution is 2.29. The summed E-state index contributed by atoms with van der Waals surface area (Å²) >= 11 is 0. The molecule has 0 bridgehead atoms. The molecule has 0 spiro atoms. The molecular formula is C18H26N2O12. The van der Waals surface area contributed by atoms with E-state index in [1.807, 2.05) is 18.5 Å². The van der Waals surface area contributed by atoms with E-state index < -0.39 is 48.3 Å². The predicted octanol–water partition coefficient (Wildman–Crippen LogP) is -2.40. The standard InChI is InChI=1S/C10H14N2.2C4H6O6/c1-12-7-3-5-10(12)9-4-2-6-11-8-9;2*5-1(3(7)8)2(6)4(9)10/h2,4,6,8,10H,3,5,7H2,1H3;2*1-2,5-6H,(H,7,8)(H,9,10)/t;1-,2?;1-,2-/m.00/s1. The molecule has 5 atom stereocenters. The third-order valence-electron chi connectivity index (χ3n) is 4.20. The lowest BCUT2D eigenvalue weighted by atomic mass is 10.1. The van der Waals surface area contributed by atoms with E-state index in [-0.39, 0.29) is 0 Å². The van der Waals surface area contributed by atoms with Crippen LogP contribution in [0.3, 0.4) is 0 Å². The fourth-order valence-corrected chi connectivity index (χ4v) is 2.44. The van der Waals surface area contributed by atoms with E-state index in [0.29, 0.717) is 6.04 Å². The van der Waals surface area contributed by atoms with Gasteiger partial charge in [0.15, 0.2) is 24.4 Å². The fourth-order valence-electron chi connectivity index (χ4n) is 2.44. The molecule has 14 nitrogen and oxygen atoms in total. The van der Waals surface area contributed by atoms with Crippen LogP contribution >= 0.6 is 0 Å². The second-order valence-corrected chi connectivity index (χ2v) is 6.56.